The molecule has 25 heavy (non-hydrogen) atoms. The van der Waals surface area contributed by atoms with Crippen molar-refractivity contribution in [3.05, 3.63) is 35.8 Å². The van der Waals surface area contributed by atoms with E-state index in [9.17, 15) is 13.2 Å². The molecule has 0 bridgehead atoms. The molecular weight excluding hydrogens is 340 g/mol. The minimum absolute atomic E-state index is 0.0345. The smallest absolute Gasteiger partial charge is 0.271 e. The number of sulfonamides is 1. The number of hydrogen-bond acceptors (Lipinski definition) is 4. The van der Waals surface area contributed by atoms with Gasteiger partial charge in [0, 0.05) is 31.5 Å². The number of imidazole rings is 1. The lowest BCUT2D eigenvalue weighted by atomic mass is 10.0. The maximum Gasteiger partial charge on any atom is 0.271 e. The van der Waals surface area contributed by atoms with Gasteiger partial charge in [0.2, 0.25) is 10.0 Å². The highest BCUT2D eigenvalue weighted by molar-refractivity contribution is 7.88. The van der Waals surface area contributed by atoms with Crippen molar-refractivity contribution >= 4 is 21.6 Å². The zero-order chi connectivity index (χ0) is 18.0. The molecule has 1 amide bonds. The number of amides is 1. The van der Waals surface area contributed by atoms with Crippen LogP contribution in [0, 0.1) is 6.92 Å². The van der Waals surface area contributed by atoms with Gasteiger partial charge in [-0.3, -0.25) is 4.79 Å². The lowest BCUT2D eigenvalue weighted by molar-refractivity contribution is 0.0945. The molecule has 0 spiro atoms. The Hall–Kier alpha value is -1.93. The average molecular weight is 364 g/mol. The minimum Gasteiger partial charge on any atom is -0.351 e. The van der Waals surface area contributed by atoms with E-state index in [1.54, 1.807) is 10.5 Å². The molecule has 1 fully saturated rings. The fourth-order valence-electron chi connectivity index (χ4n) is 3.35. The van der Waals surface area contributed by atoms with Crippen LogP contribution in [0.5, 0.6) is 0 Å². The summed E-state index contributed by atoms with van der Waals surface area (Å²) in [4.78, 5) is 16.6. The highest BCUT2D eigenvalue weighted by Gasteiger charge is 2.28. The molecule has 0 radical (unpaired) electrons. The monoisotopic (exact) mass is 364 g/mol. The number of hydrogen-bond donors (Lipinski definition) is 1. The van der Waals surface area contributed by atoms with Crippen LogP contribution >= 0.6 is 0 Å². The molecule has 3 heterocycles. The van der Waals surface area contributed by atoms with Gasteiger partial charge < -0.3 is 9.72 Å². The minimum atomic E-state index is -3.19. The Morgan fingerprint density at radius 3 is 2.88 bits per heavy atom. The molecule has 7 nitrogen and oxygen atoms in total. The zero-order valence-corrected chi connectivity index (χ0v) is 15.4. The molecule has 1 N–H and O–H groups in total. The molecule has 3 rings (SSSR count). The Kier molecular flexibility index (Phi) is 5.10. The van der Waals surface area contributed by atoms with E-state index in [4.69, 9.17) is 0 Å². The number of aromatic nitrogens is 2. The van der Waals surface area contributed by atoms with Crippen molar-refractivity contribution in [2.24, 2.45) is 0 Å². The van der Waals surface area contributed by atoms with Gasteiger partial charge in [-0.2, -0.15) is 4.31 Å². The molecule has 1 unspecified atom stereocenters. The first-order valence-electron chi connectivity index (χ1n) is 8.55. The Morgan fingerprint density at radius 1 is 1.32 bits per heavy atom. The first kappa shape index (κ1) is 17.9. The Labute approximate surface area is 148 Å². The molecule has 136 valence electrons. The van der Waals surface area contributed by atoms with E-state index in [0.29, 0.717) is 25.2 Å². The van der Waals surface area contributed by atoms with Gasteiger partial charge in [0.25, 0.3) is 5.91 Å². The van der Waals surface area contributed by atoms with Crippen molar-refractivity contribution in [2.75, 3.05) is 19.3 Å². The quantitative estimate of drug-likeness (QED) is 0.873. The van der Waals surface area contributed by atoms with Crippen LogP contribution in [0.25, 0.3) is 5.65 Å². The van der Waals surface area contributed by atoms with Gasteiger partial charge in [0.1, 0.15) is 11.3 Å². The normalized spacial score (nSPS) is 19.2. The standard InChI is InChI=1S/C17H24N4O3S/c1-13-6-7-16-19-15(12-20(16)11-13)17(22)18-9-8-14-5-3-4-10-21(14)25(2,23)24/h6-7,11-12,14H,3-5,8-10H2,1-2H3,(H,18,22). The van der Waals surface area contributed by atoms with E-state index in [2.05, 4.69) is 10.3 Å². The van der Waals surface area contributed by atoms with E-state index in [-0.39, 0.29) is 11.9 Å². The summed E-state index contributed by atoms with van der Waals surface area (Å²) in [6.07, 6.45) is 8.27. The Balaban J connectivity index is 1.59. The predicted molar refractivity (Wildman–Crippen MR) is 96.1 cm³/mol. The molecular formula is C17H24N4O3S. The van der Waals surface area contributed by atoms with E-state index >= 15 is 0 Å². The zero-order valence-electron chi connectivity index (χ0n) is 14.6. The molecule has 1 aliphatic rings. The second-order valence-corrected chi connectivity index (χ2v) is 8.60. The van der Waals surface area contributed by atoms with Crippen LogP contribution in [0.3, 0.4) is 0 Å². The SMILES string of the molecule is Cc1ccc2nc(C(=O)NCCC3CCCCN3S(C)(=O)=O)cn2c1. The highest BCUT2D eigenvalue weighted by Crippen LogP contribution is 2.21. The number of carbonyl (C=O) groups excluding carboxylic acids is 1. The molecule has 1 saturated heterocycles. The van der Waals surface area contributed by atoms with Crippen LogP contribution in [0.1, 0.15) is 41.7 Å². The number of pyridine rings is 1. The first-order chi connectivity index (χ1) is 11.8. The summed E-state index contributed by atoms with van der Waals surface area (Å²) in [5.41, 5.74) is 2.19. The predicted octanol–water partition coefficient (Wildman–Crippen LogP) is 1.58. The maximum absolute atomic E-state index is 12.3. The number of nitrogens with one attached hydrogen (secondary N) is 1. The summed E-state index contributed by atoms with van der Waals surface area (Å²) in [6, 6.07) is 3.79. The third-order valence-electron chi connectivity index (χ3n) is 4.59. The van der Waals surface area contributed by atoms with Gasteiger partial charge in [-0.25, -0.2) is 13.4 Å². The van der Waals surface area contributed by atoms with Gasteiger partial charge >= 0.3 is 0 Å². The molecule has 0 saturated carbocycles. The van der Waals surface area contributed by atoms with E-state index in [0.717, 1.165) is 30.5 Å². The van der Waals surface area contributed by atoms with Crippen molar-refractivity contribution in [3.8, 4) is 0 Å². The van der Waals surface area contributed by atoms with Gasteiger partial charge in [0.05, 0.1) is 6.26 Å². The second-order valence-electron chi connectivity index (χ2n) is 6.67. The molecule has 0 aromatic carbocycles. The van der Waals surface area contributed by atoms with E-state index in [1.807, 2.05) is 29.7 Å². The average Bonchev–Trinajstić information content (AvgIpc) is 2.97. The molecule has 2 aromatic heterocycles. The Morgan fingerprint density at radius 2 is 2.12 bits per heavy atom. The molecule has 2 aromatic rings. The topological polar surface area (TPSA) is 83.8 Å². The van der Waals surface area contributed by atoms with Crippen molar-refractivity contribution in [3.63, 3.8) is 0 Å². The lowest BCUT2D eigenvalue weighted by Crippen LogP contribution is -2.44. The van der Waals surface area contributed by atoms with E-state index in [1.165, 1.54) is 6.26 Å². The van der Waals surface area contributed by atoms with Crippen LogP contribution in [-0.4, -0.2) is 53.4 Å². The van der Waals surface area contributed by atoms with Crippen molar-refractivity contribution in [1.29, 1.82) is 0 Å². The van der Waals surface area contributed by atoms with Crippen molar-refractivity contribution in [2.45, 2.75) is 38.6 Å². The van der Waals surface area contributed by atoms with Crippen LogP contribution in [0.4, 0.5) is 0 Å². The van der Waals surface area contributed by atoms with Gasteiger partial charge in [0.15, 0.2) is 0 Å². The van der Waals surface area contributed by atoms with Crippen LogP contribution < -0.4 is 5.32 Å². The maximum atomic E-state index is 12.3. The van der Waals surface area contributed by atoms with Crippen LogP contribution in [-0.2, 0) is 10.0 Å². The van der Waals surface area contributed by atoms with Crippen molar-refractivity contribution in [1.82, 2.24) is 19.0 Å². The third kappa shape index (κ3) is 4.19. The lowest BCUT2D eigenvalue weighted by Gasteiger charge is -2.33. The number of carbonyl (C=O) groups is 1. The largest absolute Gasteiger partial charge is 0.351 e. The summed E-state index contributed by atoms with van der Waals surface area (Å²) in [7, 11) is -3.19. The summed E-state index contributed by atoms with van der Waals surface area (Å²) < 4.78 is 27.1. The van der Waals surface area contributed by atoms with Gasteiger partial charge in [-0.1, -0.05) is 12.5 Å². The highest BCUT2D eigenvalue weighted by atomic mass is 32.2. The summed E-state index contributed by atoms with van der Waals surface area (Å²) in [5, 5.41) is 2.86. The number of piperidine rings is 1. The fraction of sp³-hybridized carbons (Fsp3) is 0.529. The second kappa shape index (κ2) is 7.13. The van der Waals surface area contributed by atoms with Crippen LogP contribution in [0.2, 0.25) is 0 Å². The number of aryl methyl sites for hydroxylation is 1. The molecule has 1 aliphatic heterocycles. The van der Waals surface area contributed by atoms with E-state index < -0.39 is 10.0 Å². The molecule has 0 aliphatic carbocycles. The molecule has 1 atom stereocenters. The third-order valence-corrected chi connectivity index (χ3v) is 5.93. The van der Waals surface area contributed by atoms with Gasteiger partial charge in [-0.15, -0.1) is 0 Å². The number of nitrogens with zero attached hydrogens (tertiary/aromatic N) is 3. The fourth-order valence-corrected chi connectivity index (χ4v) is 4.57. The molecule has 8 heteroatoms. The first-order valence-corrected chi connectivity index (χ1v) is 10.4. The summed E-state index contributed by atoms with van der Waals surface area (Å²) >= 11 is 0. The van der Waals surface area contributed by atoms with Crippen LogP contribution in [0.15, 0.2) is 24.5 Å². The summed E-state index contributed by atoms with van der Waals surface area (Å²) in [5.74, 6) is -0.233. The summed E-state index contributed by atoms with van der Waals surface area (Å²) in [6.45, 7) is 2.99. The van der Waals surface area contributed by atoms with Gasteiger partial charge in [-0.05, 0) is 37.8 Å². The van der Waals surface area contributed by atoms with Crippen molar-refractivity contribution < 1.29 is 13.2 Å². The number of rotatable bonds is 5. The number of fused-ring (bicyclic) bond motifs is 1. The Bertz CT molecular complexity index is 875.